The number of hydrogen-bond acceptors (Lipinski definition) is 5. The smallest absolute Gasteiger partial charge is 0.193 e. The molecule has 1 aliphatic rings. The van der Waals surface area contributed by atoms with Crippen LogP contribution in [0.4, 0.5) is 11.4 Å². The Morgan fingerprint density at radius 1 is 0.941 bits per heavy atom. The van der Waals surface area contributed by atoms with Crippen molar-refractivity contribution in [3.8, 4) is 11.4 Å². The lowest BCUT2D eigenvalue weighted by molar-refractivity contribution is 0.306. The Balaban J connectivity index is 1.52. The molecule has 0 atom stereocenters. The van der Waals surface area contributed by atoms with Crippen molar-refractivity contribution in [2.24, 2.45) is 0 Å². The van der Waals surface area contributed by atoms with Gasteiger partial charge in [0.15, 0.2) is 5.43 Å². The zero-order valence-electron chi connectivity index (χ0n) is 18.0. The molecule has 5 aromatic rings. The Morgan fingerprint density at radius 2 is 1.74 bits per heavy atom. The highest BCUT2D eigenvalue weighted by atomic mass is 79.9. The summed E-state index contributed by atoms with van der Waals surface area (Å²) in [4.78, 5) is 22.0. The van der Waals surface area contributed by atoms with Gasteiger partial charge in [-0.05, 0) is 42.0 Å². The maximum absolute atomic E-state index is 13.6. The van der Waals surface area contributed by atoms with Gasteiger partial charge in [0, 0.05) is 59.1 Å². The van der Waals surface area contributed by atoms with Crippen LogP contribution < -0.4 is 15.5 Å². The van der Waals surface area contributed by atoms with E-state index in [1.807, 2.05) is 54.7 Å². The summed E-state index contributed by atoms with van der Waals surface area (Å²) in [5.74, 6) is 0.626. The van der Waals surface area contributed by atoms with Crippen LogP contribution >= 0.6 is 15.9 Å². The SMILES string of the molecule is O=c1c(Cc2cccnc2)cn2c3c(cc(OCc4cccnc4)cc13)Nc1ccc(Br)cc1-2. The summed E-state index contributed by atoms with van der Waals surface area (Å²) in [5, 5.41) is 4.09. The summed E-state index contributed by atoms with van der Waals surface area (Å²) < 4.78 is 9.14. The Morgan fingerprint density at radius 3 is 2.50 bits per heavy atom. The molecule has 6 rings (SSSR count). The molecular weight excluding hydrogens is 492 g/mol. The van der Waals surface area contributed by atoms with Crippen molar-refractivity contribution in [2.45, 2.75) is 13.0 Å². The quantitative estimate of drug-likeness (QED) is 0.318. The van der Waals surface area contributed by atoms with Crippen molar-refractivity contribution >= 4 is 38.2 Å². The van der Waals surface area contributed by atoms with Gasteiger partial charge >= 0.3 is 0 Å². The van der Waals surface area contributed by atoms with Crippen LogP contribution in [0.3, 0.4) is 0 Å². The van der Waals surface area contributed by atoms with E-state index in [-0.39, 0.29) is 5.43 Å². The van der Waals surface area contributed by atoms with Gasteiger partial charge in [-0.1, -0.05) is 28.1 Å². The zero-order chi connectivity index (χ0) is 23.1. The first-order chi connectivity index (χ1) is 16.7. The van der Waals surface area contributed by atoms with E-state index >= 15 is 0 Å². The van der Waals surface area contributed by atoms with Crippen LogP contribution in [0, 0.1) is 0 Å². The molecule has 0 spiro atoms. The van der Waals surface area contributed by atoms with Crippen molar-refractivity contribution in [3.63, 3.8) is 0 Å². The molecular formula is C27H19BrN4O2. The van der Waals surface area contributed by atoms with Crippen LogP contribution in [-0.2, 0) is 13.0 Å². The van der Waals surface area contributed by atoms with E-state index in [1.165, 1.54) is 0 Å². The molecule has 0 unspecified atom stereocenters. The van der Waals surface area contributed by atoms with Gasteiger partial charge in [0.2, 0.25) is 0 Å². The number of benzene rings is 2. The minimum atomic E-state index is -0.0107. The lowest BCUT2D eigenvalue weighted by atomic mass is 10.0. The lowest BCUT2D eigenvalue weighted by Gasteiger charge is -2.26. The number of halogens is 1. The molecule has 0 saturated carbocycles. The normalized spacial score (nSPS) is 11.7. The van der Waals surface area contributed by atoms with Gasteiger partial charge in [0.05, 0.1) is 28.0 Å². The van der Waals surface area contributed by atoms with Gasteiger partial charge in [0.25, 0.3) is 0 Å². The van der Waals surface area contributed by atoms with E-state index in [2.05, 4.69) is 41.8 Å². The van der Waals surface area contributed by atoms with E-state index in [1.54, 1.807) is 24.8 Å². The maximum Gasteiger partial charge on any atom is 0.193 e. The molecule has 6 nitrogen and oxygen atoms in total. The predicted octanol–water partition coefficient (Wildman–Crippen LogP) is 5.77. The number of aromatic nitrogens is 3. The fraction of sp³-hybridized carbons (Fsp3) is 0.0741. The third-order valence-corrected chi connectivity index (χ3v) is 6.37. The molecule has 0 radical (unpaired) electrons. The summed E-state index contributed by atoms with van der Waals surface area (Å²) in [6.07, 6.45) is 9.48. The zero-order valence-corrected chi connectivity index (χ0v) is 19.6. The molecule has 0 bridgehead atoms. The van der Waals surface area contributed by atoms with Crippen molar-refractivity contribution in [2.75, 3.05) is 5.32 Å². The van der Waals surface area contributed by atoms with Crippen molar-refractivity contribution in [1.29, 1.82) is 0 Å². The first kappa shape index (κ1) is 20.6. The first-order valence-corrected chi connectivity index (χ1v) is 11.6. The summed E-state index contributed by atoms with van der Waals surface area (Å²) in [6, 6.07) is 17.6. The van der Waals surface area contributed by atoms with Crippen molar-refractivity contribution in [1.82, 2.24) is 14.5 Å². The largest absolute Gasteiger partial charge is 0.489 e. The lowest BCUT2D eigenvalue weighted by Crippen LogP contribution is -2.18. The van der Waals surface area contributed by atoms with Crippen molar-refractivity contribution in [3.05, 3.63) is 117 Å². The fourth-order valence-electron chi connectivity index (χ4n) is 4.31. The van der Waals surface area contributed by atoms with Gasteiger partial charge in [-0.2, -0.15) is 0 Å². The van der Waals surface area contributed by atoms with Crippen LogP contribution in [0.1, 0.15) is 16.7 Å². The number of ether oxygens (including phenoxy) is 1. The van der Waals surface area contributed by atoms with E-state index in [9.17, 15) is 4.79 Å². The number of rotatable bonds is 5. The molecule has 34 heavy (non-hydrogen) atoms. The van der Waals surface area contributed by atoms with Gasteiger partial charge in [-0.3, -0.25) is 14.8 Å². The summed E-state index contributed by atoms with van der Waals surface area (Å²) in [6.45, 7) is 0.367. The van der Waals surface area contributed by atoms with Crippen LogP contribution in [0.25, 0.3) is 16.6 Å². The Hall–Kier alpha value is -3.97. The molecule has 0 fully saturated rings. The molecule has 166 valence electrons. The number of hydrogen-bond donors (Lipinski definition) is 1. The average Bonchev–Trinajstić information content (AvgIpc) is 2.87. The van der Waals surface area contributed by atoms with Crippen LogP contribution in [0.2, 0.25) is 0 Å². The minimum absolute atomic E-state index is 0.0107. The Labute approximate surface area is 204 Å². The summed E-state index contributed by atoms with van der Waals surface area (Å²) >= 11 is 3.58. The molecule has 1 aliphatic heterocycles. The van der Waals surface area contributed by atoms with E-state index in [4.69, 9.17) is 4.74 Å². The Kier molecular flexibility index (Phi) is 5.11. The number of anilines is 2. The van der Waals surface area contributed by atoms with Gasteiger partial charge in [-0.25, -0.2) is 0 Å². The number of pyridine rings is 3. The number of nitrogens with one attached hydrogen (secondary N) is 1. The topological polar surface area (TPSA) is 69.0 Å². The molecule has 4 heterocycles. The minimum Gasteiger partial charge on any atom is -0.489 e. The molecule has 0 aliphatic carbocycles. The summed E-state index contributed by atoms with van der Waals surface area (Å²) in [7, 11) is 0. The second-order valence-electron chi connectivity index (χ2n) is 8.19. The standard InChI is InChI=1S/C27H19BrN4O2/c28-20-5-6-23-25(10-20)32-15-19(9-17-3-1-7-29-13-17)27(33)22-11-21(12-24(31-23)26(22)32)34-16-18-4-2-8-30-14-18/h1-8,10-15,31H,9,16H2. The number of fused-ring (bicyclic) bond motifs is 2. The second-order valence-corrected chi connectivity index (χ2v) is 9.11. The van der Waals surface area contributed by atoms with Gasteiger partial charge in [-0.15, -0.1) is 0 Å². The molecule has 0 amide bonds. The maximum atomic E-state index is 13.6. The third-order valence-electron chi connectivity index (χ3n) is 5.88. The highest BCUT2D eigenvalue weighted by molar-refractivity contribution is 9.10. The van der Waals surface area contributed by atoms with E-state index in [0.29, 0.717) is 29.7 Å². The highest BCUT2D eigenvalue weighted by Gasteiger charge is 2.22. The molecule has 0 saturated heterocycles. The molecule has 7 heteroatoms. The average molecular weight is 511 g/mol. The highest BCUT2D eigenvalue weighted by Crippen LogP contribution is 2.39. The van der Waals surface area contributed by atoms with Gasteiger partial charge < -0.3 is 14.6 Å². The third kappa shape index (κ3) is 3.74. The van der Waals surface area contributed by atoms with Crippen LogP contribution in [0.5, 0.6) is 5.75 Å². The number of nitrogens with zero attached hydrogens (tertiary/aromatic N) is 3. The predicted molar refractivity (Wildman–Crippen MR) is 136 cm³/mol. The fourth-order valence-corrected chi connectivity index (χ4v) is 4.66. The van der Waals surface area contributed by atoms with Crippen LogP contribution in [0.15, 0.2) is 94.8 Å². The van der Waals surface area contributed by atoms with Crippen LogP contribution in [-0.4, -0.2) is 14.5 Å². The molecule has 1 N–H and O–H groups in total. The molecule has 3 aromatic heterocycles. The van der Waals surface area contributed by atoms with E-state index in [0.717, 1.165) is 38.2 Å². The van der Waals surface area contributed by atoms with Gasteiger partial charge in [0.1, 0.15) is 12.4 Å². The van der Waals surface area contributed by atoms with E-state index < -0.39 is 0 Å². The second kappa shape index (κ2) is 8.43. The first-order valence-electron chi connectivity index (χ1n) is 10.9. The van der Waals surface area contributed by atoms with Crippen molar-refractivity contribution < 1.29 is 4.74 Å². The monoisotopic (exact) mass is 510 g/mol. The Bertz CT molecular complexity index is 1580. The molecule has 2 aromatic carbocycles. The summed E-state index contributed by atoms with van der Waals surface area (Å²) in [5.41, 5.74) is 6.23.